The summed E-state index contributed by atoms with van der Waals surface area (Å²) in [6.45, 7) is 4.53. The molecule has 0 radical (unpaired) electrons. The average molecular weight is 194 g/mol. The Morgan fingerprint density at radius 2 is 2.00 bits per heavy atom. The summed E-state index contributed by atoms with van der Waals surface area (Å²) in [4.78, 5) is 10.6. The van der Waals surface area contributed by atoms with E-state index in [0.717, 1.165) is 5.56 Å². The number of hydrogen-bond acceptors (Lipinski definition) is 2. The first-order valence-corrected chi connectivity index (χ1v) is 4.60. The van der Waals surface area contributed by atoms with Crippen LogP contribution in [0.2, 0.25) is 0 Å². The Morgan fingerprint density at radius 3 is 2.43 bits per heavy atom. The lowest BCUT2D eigenvalue weighted by molar-refractivity contribution is 0.0694. The van der Waals surface area contributed by atoms with Gasteiger partial charge in [0.25, 0.3) is 0 Å². The molecule has 0 bridgehead atoms. The average Bonchev–Trinajstić information content (AvgIpc) is 2.18. The quantitative estimate of drug-likeness (QED) is 0.800. The molecule has 0 aliphatic carbocycles. The van der Waals surface area contributed by atoms with Crippen LogP contribution in [0, 0.1) is 0 Å². The molecule has 76 valence electrons. The van der Waals surface area contributed by atoms with Crippen molar-refractivity contribution in [2.75, 3.05) is 6.61 Å². The Hall–Kier alpha value is -1.35. The van der Waals surface area contributed by atoms with Crippen LogP contribution in [0.15, 0.2) is 24.3 Å². The molecule has 1 N–H and O–H groups in total. The van der Waals surface area contributed by atoms with Gasteiger partial charge in [-0.25, -0.2) is 4.79 Å². The van der Waals surface area contributed by atoms with Gasteiger partial charge in [-0.3, -0.25) is 0 Å². The fourth-order valence-corrected chi connectivity index (χ4v) is 1.24. The van der Waals surface area contributed by atoms with Crippen molar-refractivity contribution in [1.29, 1.82) is 0 Å². The van der Waals surface area contributed by atoms with E-state index < -0.39 is 5.97 Å². The van der Waals surface area contributed by atoms with Gasteiger partial charge in [-0.05, 0) is 31.5 Å². The van der Waals surface area contributed by atoms with Crippen molar-refractivity contribution in [1.82, 2.24) is 0 Å². The minimum absolute atomic E-state index is 0.0165. The van der Waals surface area contributed by atoms with E-state index in [2.05, 4.69) is 0 Å². The second-order valence-corrected chi connectivity index (χ2v) is 3.02. The number of rotatable bonds is 4. The third kappa shape index (κ3) is 2.57. The van der Waals surface area contributed by atoms with Crippen molar-refractivity contribution in [2.45, 2.75) is 20.0 Å². The fourth-order valence-electron chi connectivity index (χ4n) is 1.24. The zero-order valence-electron chi connectivity index (χ0n) is 8.36. The Morgan fingerprint density at radius 1 is 1.43 bits per heavy atom. The van der Waals surface area contributed by atoms with Crippen LogP contribution in [-0.4, -0.2) is 17.7 Å². The number of benzene rings is 1. The molecule has 3 heteroatoms. The van der Waals surface area contributed by atoms with Gasteiger partial charge in [0.1, 0.15) is 0 Å². The first-order chi connectivity index (χ1) is 6.65. The second kappa shape index (κ2) is 4.77. The number of carboxylic acid groups (broad SMARTS) is 1. The van der Waals surface area contributed by atoms with Gasteiger partial charge in [0.15, 0.2) is 0 Å². The summed E-state index contributed by atoms with van der Waals surface area (Å²) in [5.41, 5.74) is 1.30. The van der Waals surface area contributed by atoms with Crippen molar-refractivity contribution >= 4 is 5.97 Å². The van der Waals surface area contributed by atoms with Crippen LogP contribution >= 0.6 is 0 Å². The second-order valence-electron chi connectivity index (χ2n) is 3.02. The normalized spacial score (nSPS) is 12.4. The van der Waals surface area contributed by atoms with Gasteiger partial charge >= 0.3 is 5.97 Å². The minimum Gasteiger partial charge on any atom is -0.478 e. The molecule has 0 unspecified atom stereocenters. The van der Waals surface area contributed by atoms with Crippen molar-refractivity contribution in [2.24, 2.45) is 0 Å². The van der Waals surface area contributed by atoms with Crippen LogP contribution in [-0.2, 0) is 4.74 Å². The maximum atomic E-state index is 10.6. The topological polar surface area (TPSA) is 46.5 Å². The van der Waals surface area contributed by atoms with Gasteiger partial charge in [-0.2, -0.15) is 0 Å². The summed E-state index contributed by atoms with van der Waals surface area (Å²) < 4.78 is 5.38. The maximum absolute atomic E-state index is 10.6. The van der Waals surface area contributed by atoms with Crippen LogP contribution in [0.1, 0.15) is 35.9 Å². The van der Waals surface area contributed by atoms with Gasteiger partial charge in [-0.15, -0.1) is 0 Å². The highest BCUT2D eigenvalue weighted by Gasteiger charge is 2.06. The van der Waals surface area contributed by atoms with Crippen molar-refractivity contribution < 1.29 is 14.6 Å². The standard InChI is InChI=1S/C11H14O3/c1-3-14-8(2)9-4-6-10(7-5-9)11(12)13/h4-8H,3H2,1-2H3,(H,12,13)/t8-/m1/s1. The zero-order chi connectivity index (χ0) is 10.6. The lowest BCUT2D eigenvalue weighted by Crippen LogP contribution is -2.01. The summed E-state index contributed by atoms with van der Waals surface area (Å²) in [5, 5.41) is 8.69. The van der Waals surface area contributed by atoms with Crippen LogP contribution in [0.3, 0.4) is 0 Å². The first kappa shape index (κ1) is 10.7. The van der Waals surface area contributed by atoms with Gasteiger partial charge < -0.3 is 9.84 Å². The highest BCUT2D eigenvalue weighted by atomic mass is 16.5. The molecule has 1 atom stereocenters. The van der Waals surface area contributed by atoms with Crippen molar-refractivity contribution in [3.63, 3.8) is 0 Å². The Balaban J connectivity index is 2.77. The third-order valence-electron chi connectivity index (χ3n) is 2.04. The number of ether oxygens (including phenoxy) is 1. The van der Waals surface area contributed by atoms with E-state index in [1.165, 1.54) is 0 Å². The Labute approximate surface area is 83.3 Å². The summed E-state index contributed by atoms with van der Waals surface area (Å²) in [5.74, 6) is -0.902. The molecule has 0 fully saturated rings. The SMILES string of the molecule is CCO[C@H](C)c1ccc(C(=O)O)cc1. The Bertz CT molecular complexity index is 303. The van der Waals surface area contributed by atoms with E-state index in [-0.39, 0.29) is 6.10 Å². The highest BCUT2D eigenvalue weighted by molar-refractivity contribution is 5.87. The third-order valence-corrected chi connectivity index (χ3v) is 2.04. The van der Waals surface area contributed by atoms with Crippen LogP contribution in [0.25, 0.3) is 0 Å². The summed E-state index contributed by atoms with van der Waals surface area (Å²) in [6.07, 6.45) is 0.0165. The number of hydrogen-bond donors (Lipinski definition) is 1. The van der Waals surface area contributed by atoms with Gasteiger partial charge in [0, 0.05) is 6.61 Å². The molecule has 0 aliphatic heterocycles. The first-order valence-electron chi connectivity index (χ1n) is 4.60. The molecule has 0 amide bonds. The van der Waals surface area contributed by atoms with E-state index in [9.17, 15) is 4.79 Å². The van der Waals surface area contributed by atoms with Crippen LogP contribution in [0.5, 0.6) is 0 Å². The van der Waals surface area contributed by atoms with Crippen LogP contribution in [0.4, 0.5) is 0 Å². The smallest absolute Gasteiger partial charge is 0.335 e. The maximum Gasteiger partial charge on any atom is 0.335 e. The predicted molar refractivity (Wildman–Crippen MR) is 53.4 cm³/mol. The van der Waals surface area contributed by atoms with Crippen LogP contribution < -0.4 is 0 Å². The zero-order valence-corrected chi connectivity index (χ0v) is 8.36. The number of aromatic carboxylic acids is 1. The highest BCUT2D eigenvalue weighted by Crippen LogP contribution is 2.16. The van der Waals surface area contributed by atoms with E-state index in [1.807, 2.05) is 13.8 Å². The number of carboxylic acids is 1. The van der Waals surface area contributed by atoms with E-state index in [4.69, 9.17) is 9.84 Å². The molecular formula is C11H14O3. The molecule has 0 saturated heterocycles. The van der Waals surface area contributed by atoms with Crippen molar-refractivity contribution in [3.8, 4) is 0 Å². The molecule has 0 aromatic heterocycles. The van der Waals surface area contributed by atoms with E-state index in [1.54, 1.807) is 24.3 Å². The van der Waals surface area contributed by atoms with E-state index in [0.29, 0.717) is 12.2 Å². The lowest BCUT2D eigenvalue weighted by Gasteiger charge is -2.11. The van der Waals surface area contributed by atoms with Gasteiger partial charge in [0.05, 0.1) is 11.7 Å². The molecule has 0 spiro atoms. The molecule has 0 heterocycles. The molecule has 14 heavy (non-hydrogen) atoms. The summed E-state index contributed by atoms with van der Waals surface area (Å²) in [6, 6.07) is 6.74. The summed E-state index contributed by atoms with van der Waals surface area (Å²) in [7, 11) is 0. The molecule has 1 aromatic rings. The fraction of sp³-hybridized carbons (Fsp3) is 0.364. The monoisotopic (exact) mass is 194 g/mol. The van der Waals surface area contributed by atoms with Gasteiger partial charge in [0.2, 0.25) is 0 Å². The lowest BCUT2D eigenvalue weighted by atomic mass is 10.1. The molecule has 1 rings (SSSR count). The number of carbonyl (C=O) groups is 1. The molecule has 1 aromatic carbocycles. The Kier molecular flexibility index (Phi) is 3.65. The predicted octanol–water partition coefficient (Wildman–Crippen LogP) is 2.48. The largest absolute Gasteiger partial charge is 0.478 e. The van der Waals surface area contributed by atoms with Crippen molar-refractivity contribution in [3.05, 3.63) is 35.4 Å². The molecular weight excluding hydrogens is 180 g/mol. The van der Waals surface area contributed by atoms with Gasteiger partial charge in [-0.1, -0.05) is 12.1 Å². The molecule has 0 aliphatic rings. The summed E-state index contributed by atoms with van der Waals surface area (Å²) >= 11 is 0. The molecule has 3 nitrogen and oxygen atoms in total. The minimum atomic E-state index is -0.902. The molecule has 0 saturated carbocycles. The van der Waals surface area contributed by atoms with E-state index >= 15 is 0 Å².